The van der Waals surface area contributed by atoms with Crippen molar-refractivity contribution >= 4 is 60.8 Å². The number of nitrogen functional groups attached to an aromatic ring is 1. The van der Waals surface area contributed by atoms with E-state index in [4.69, 9.17) is 27.1 Å². The van der Waals surface area contributed by atoms with Gasteiger partial charge in [0.2, 0.25) is 0 Å². The van der Waals surface area contributed by atoms with E-state index >= 15 is 4.39 Å². The Labute approximate surface area is 305 Å². The summed E-state index contributed by atoms with van der Waals surface area (Å²) in [5.41, 5.74) is 5.61. The lowest BCUT2D eigenvalue weighted by Gasteiger charge is -2.32. The van der Waals surface area contributed by atoms with Crippen LogP contribution in [0.2, 0.25) is 5.02 Å². The summed E-state index contributed by atoms with van der Waals surface area (Å²) in [7, 11) is 0. The molecule has 8 rings (SSSR count). The van der Waals surface area contributed by atoms with Gasteiger partial charge in [-0.05, 0) is 57.4 Å². The van der Waals surface area contributed by atoms with Gasteiger partial charge < -0.3 is 20.3 Å². The number of alkyl halides is 1. The number of nitrogens with two attached hydrogens (primary N) is 1. The Morgan fingerprint density at radius 2 is 2.10 bits per heavy atom. The Morgan fingerprint density at radius 3 is 2.85 bits per heavy atom. The zero-order valence-electron chi connectivity index (χ0n) is 28.3. The second kappa shape index (κ2) is 13.0. The lowest BCUT2D eigenvalue weighted by atomic mass is 9.95. The summed E-state index contributed by atoms with van der Waals surface area (Å²) < 4.78 is 54.2. The van der Waals surface area contributed by atoms with Gasteiger partial charge in [-0.2, -0.15) is 25.0 Å². The van der Waals surface area contributed by atoms with Crippen molar-refractivity contribution in [2.45, 2.75) is 63.3 Å². The second-order valence-corrected chi connectivity index (χ2v) is 15.4. The van der Waals surface area contributed by atoms with Crippen molar-refractivity contribution in [3.05, 3.63) is 53.1 Å². The van der Waals surface area contributed by atoms with Crippen LogP contribution in [-0.2, 0) is 0 Å². The quantitative estimate of drug-likeness (QED) is 0.199. The van der Waals surface area contributed by atoms with E-state index in [0.717, 1.165) is 30.7 Å². The van der Waals surface area contributed by atoms with Crippen LogP contribution in [0.1, 0.15) is 45.1 Å². The molecule has 3 aliphatic heterocycles. The summed E-state index contributed by atoms with van der Waals surface area (Å²) in [6.45, 7) is 5.87. The molecule has 1 amide bonds. The van der Waals surface area contributed by atoms with Crippen LogP contribution < -0.4 is 15.4 Å². The van der Waals surface area contributed by atoms with Gasteiger partial charge in [-0.3, -0.25) is 4.90 Å². The van der Waals surface area contributed by atoms with Crippen LogP contribution in [0.3, 0.4) is 0 Å². The van der Waals surface area contributed by atoms with Crippen molar-refractivity contribution < 1.29 is 22.7 Å². The van der Waals surface area contributed by atoms with E-state index in [9.17, 15) is 18.8 Å². The summed E-state index contributed by atoms with van der Waals surface area (Å²) in [5, 5.41) is 14.5. The average molecular weight is 751 g/mol. The molecule has 6 heterocycles. The highest BCUT2D eigenvalue weighted by Crippen LogP contribution is 2.46. The largest absolute Gasteiger partial charge is 0.461 e. The van der Waals surface area contributed by atoms with Crippen molar-refractivity contribution in [3.8, 4) is 23.2 Å². The van der Waals surface area contributed by atoms with Crippen molar-refractivity contribution in [2.24, 2.45) is 0 Å². The first-order chi connectivity index (χ1) is 25.0. The lowest BCUT2D eigenvalue weighted by Crippen LogP contribution is -2.48. The van der Waals surface area contributed by atoms with Gasteiger partial charge in [-0.25, -0.2) is 22.9 Å². The number of hydrogen-bond donors (Lipinski definition) is 1. The number of halogens is 4. The molecule has 3 aliphatic rings. The molecule has 3 saturated heterocycles. The topological polar surface area (TPSA) is 142 Å². The van der Waals surface area contributed by atoms with Crippen LogP contribution in [0, 0.1) is 23.0 Å². The Bertz CT molecular complexity index is 2260. The average Bonchev–Trinajstić information content (AvgIpc) is 3.94. The zero-order valence-corrected chi connectivity index (χ0v) is 29.9. The normalized spacial score (nSPS) is 21.8. The van der Waals surface area contributed by atoms with Crippen molar-refractivity contribution in [1.29, 1.82) is 5.26 Å². The number of benzene rings is 2. The third kappa shape index (κ3) is 5.57. The Morgan fingerprint density at radius 1 is 1.27 bits per heavy atom. The van der Waals surface area contributed by atoms with E-state index in [1.165, 1.54) is 29.5 Å². The van der Waals surface area contributed by atoms with Gasteiger partial charge in [0.15, 0.2) is 5.82 Å². The molecule has 2 N–H and O–H groups in total. The number of rotatable bonds is 7. The molecule has 0 unspecified atom stereocenters. The number of carbonyl (C=O) groups excluding carboxylic acids is 1. The molecule has 270 valence electrons. The maximum Gasteiger partial charge on any atom is 0.346 e. The molecule has 0 aliphatic carbocycles. The minimum Gasteiger partial charge on any atom is -0.461 e. The minimum atomic E-state index is -0.971. The van der Waals surface area contributed by atoms with Gasteiger partial charge in [0.25, 0.3) is 0 Å². The molecule has 0 spiro atoms. The SMILES string of the molecule is CC(C)N(C(=O)n1cncn1)[C@H]1CCN(c2nc(OC[C@@]34CCCN3C[C@H](F)C4)nc3c(F)c(-c4ccc(F)c5sc(N)c(C#N)c45)c(Cl)cc23)C1. The number of nitriles is 1. The number of thiophene rings is 1. The Balaban J connectivity index is 1.24. The molecule has 0 radical (unpaired) electrons. The molecule has 0 bridgehead atoms. The number of ether oxygens (including phenoxy) is 1. The predicted octanol–water partition coefficient (Wildman–Crippen LogP) is 6.40. The van der Waals surface area contributed by atoms with E-state index < -0.39 is 23.3 Å². The molecule has 3 fully saturated rings. The van der Waals surface area contributed by atoms with Crippen molar-refractivity contribution in [2.75, 3.05) is 43.4 Å². The molecular formula is C35H34ClF3N10O2S. The first kappa shape index (κ1) is 34.4. The van der Waals surface area contributed by atoms with E-state index in [1.54, 1.807) is 11.0 Å². The molecule has 52 heavy (non-hydrogen) atoms. The number of fused-ring (bicyclic) bond motifs is 3. The standard InChI is InChI=1S/C35H34ClF3N10O2S/c1-18(2)49(34(50)48-17-42-16-43-48)20-6-9-46(14-20)32-22-10-24(36)27(21-4-5-25(38)30-26(21)23(12-40)31(41)52-30)28(39)29(22)44-33(45-32)51-15-35-7-3-8-47(35)13-19(37)11-35/h4-5,10,16-20H,3,6-9,11,13-15,41H2,1-2H3/t19-,20+,35+/m1/s1. The third-order valence-corrected chi connectivity index (χ3v) is 11.8. The van der Waals surface area contributed by atoms with Gasteiger partial charge in [0.1, 0.15) is 53.7 Å². The second-order valence-electron chi connectivity index (χ2n) is 13.9. The molecule has 5 aromatic rings. The molecule has 3 atom stereocenters. The minimum absolute atomic E-state index is 0.00793. The number of nitrogens with zero attached hydrogens (tertiary/aromatic N) is 9. The Kier molecular flexibility index (Phi) is 8.62. The number of hydrogen-bond acceptors (Lipinski definition) is 11. The number of amides is 1. The fourth-order valence-electron chi connectivity index (χ4n) is 8.25. The van der Waals surface area contributed by atoms with Crippen molar-refractivity contribution in [1.82, 2.24) is 34.5 Å². The number of anilines is 2. The maximum absolute atomic E-state index is 17.1. The van der Waals surface area contributed by atoms with E-state index in [2.05, 4.69) is 20.0 Å². The predicted molar refractivity (Wildman–Crippen MR) is 191 cm³/mol. The van der Waals surface area contributed by atoms with Crippen molar-refractivity contribution in [3.63, 3.8) is 0 Å². The number of aromatic nitrogens is 5. The summed E-state index contributed by atoms with van der Waals surface area (Å²) in [6.07, 6.45) is 4.25. The van der Waals surface area contributed by atoms with Gasteiger partial charge in [0.05, 0.1) is 26.9 Å². The summed E-state index contributed by atoms with van der Waals surface area (Å²) in [6, 6.07) is 5.30. The summed E-state index contributed by atoms with van der Waals surface area (Å²) >= 11 is 7.79. The summed E-state index contributed by atoms with van der Waals surface area (Å²) in [4.78, 5) is 32.5. The highest BCUT2D eigenvalue weighted by molar-refractivity contribution is 7.23. The zero-order chi connectivity index (χ0) is 36.5. The fourth-order valence-corrected chi connectivity index (χ4v) is 9.50. The van der Waals surface area contributed by atoms with Crippen LogP contribution in [0.4, 0.5) is 28.8 Å². The molecule has 0 saturated carbocycles. The van der Waals surface area contributed by atoms with E-state index in [-0.39, 0.29) is 73.0 Å². The Hall–Kier alpha value is -4.72. The number of carbonyl (C=O) groups is 1. The fraction of sp³-hybridized carbons (Fsp3) is 0.429. The van der Waals surface area contributed by atoms with Gasteiger partial charge in [0, 0.05) is 48.4 Å². The van der Waals surface area contributed by atoms with E-state index in [1.807, 2.05) is 24.8 Å². The van der Waals surface area contributed by atoms with Crippen LogP contribution in [0.25, 0.3) is 32.1 Å². The molecular weight excluding hydrogens is 717 g/mol. The highest BCUT2D eigenvalue weighted by Gasteiger charge is 2.49. The maximum atomic E-state index is 17.1. The van der Waals surface area contributed by atoms with Crippen LogP contribution >= 0.6 is 22.9 Å². The van der Waals surface area contributed by atoms with Crippen LogP contribution in [-0.4, -0.2) is 97.1 Å². The summed E-state index contributed by atoms with van der Waals surface area (Å²) in [5.74, 6) is -1.06. The molecule has 2 aromatic carbocycles. The van der Waals surface area contributed by atoms with Crippen LogP contribution in [0.15, 0.2) is 30.9 Å². The first-order valence-corrected chi connectivity index (χ1v) is 18.2. The lowest BCUT2D eigenvalue weighted by molar-refractivity contribution is 0.107. The highest BCUT2D eigenvalue weighted by atomic mass is 35.5. The monoisotopic (exact) mass is 750 g/mol. The van der Waals surface area contributed by atoms with Gasteiger partial charge in [-0.1, -0.05) is 17.7 Å². The molecule has 17 heteroatoms. The first-order valence-electron chi connectivity index (χ1n) is 17.0. The molecule has 12 nitrogen and oxygen atoms in total. The van der Waals surface area contributed by atoms with Crippen LogP contribution in [0.5, 0.6) is 6.01 Å². The van der Waals surface area contributed by atoms with E-state index in [0.29, 0.717) is 43.7 Å². The van der Waals surface area contributed by atoms with Gasteiger partial charge in [-0.15, -0.1) is 11.3 Å². The molecule has 3 aromatic heterocycles. The van der Waals surface area contributed by atoms with Gasteiger partial charge >= 0.3 is 12.0 Å². The smallest absolute Gasteiger partial charge is 0.346 e. The third-order valence-electron chi connectivity index (χ3n) is 10.5.